The largest absolute Gasteiger partial charge is 0.508 e. The van der Waals surface area contributed by atoms with Crippen molar-refractivity contribution >= 4 is 16.9 Å². The maximum absolute atomic E-state index is 11.5. The van der Waals surface area contributed by atoms with Crippen LogP contribution in [0.2, 0.25) is 0 Å². The highest BCUT2D eigenvalue weighted by Crippen LogP contribution is 2.24. The van der Waals surface area contributed by atoms with Gasteiger partial charge in [0.1, 0.15) is 16.9 Å². The number of aromatic carboxylic acids is 1. The lowest BCUT2D eigenvalue weighted by Gasteiger charge is -2.06. The molecule has 0 radical (unpaired) electrons. The molecule has 1 aromatic carbocycles. The number of carboxylic acids is 1. The zero-order valence-electron chi connectivity index (χ0n) is 9.06. The first-order valence-corrected chi connectivity index (χ1v) is 5.06. The molecule has 0 saturated heterocycles. The molecule has 0 aliphatic carbocycles. The second kappa shape index (κ2) is 3.93. The maximum atomic E-state index is 11.5. The van der Waals surface area contributed by atoms with Crippen molar-refractivity contribution < 1.29 is 19.4 Å². The van der Waals surface area contributed by atoms with Crippen molar-refractivity contribution in [2.24, 2.45) is 0 Å². The summed E-state index contributed by atoms with van der Waals surface area (Å²) in [4.78, 5) is 22.5. The molecule has 5 heteroatoms. The van der Waals surface area contributed by atoms with Gasteiger partial charge >= 0.3 is 11.6 Å². The van der Waals surface area contributed by atoms with E-state index in [0.29, 0.717) is 17.4 Å². The normalized spacial score (nSPS) is 10.6. The number of carboxylic acid groups (broad SMARTS) is 1. The van der Waals surface area contributed by atoms with Gasteiger partial charge in [0, 0.05) is 5.39 Å². The number of rotatable bonds is 2. The van der Waals surface area contributed by atoms with Crippen molar-refractivity contribution in [3.05, 3.63) is 39.7 Å². The third-order valence-electron chi connectivity index (χ3n) is 2.56. The van der Waals surface area contributed by atoms with Crippen molar-refractivity contribution in [2.75, 3.05) is 0 Å². The number of hydrogen-bond donors (Lipinski definition) is 2. The van der Waals surface area contributed by atoms with Gasteiger partial charge in [-0.1, -0.05) is 6.92 Å². The van der Waals surface area contributed by atoms with Gasteiger partial charge in [0.05, 0.1) is 0 Å². The van der Waals surface area contributed by atoms with E-state index in [1.54, 1.807) is 6.92 Å². The van der Waals surface area contributed by atoms with Crippen LogP contribution in [0.3, 0.4) is 0 Å². The number of benzene rings is 1. The molecular formula is C12H10O5. The molecule has 0 amide bonds. The highest BCUT2D eigenvalue weighted by molar-refractivity contribution is 5.95. The minimum absolute atomic E-state index is 0.00242. The number of hydrogen-bond acceptors (Lipinski definition) is 4. The van der Waals surface area contributed by atoms with E-state index in [0.717, 1.165) is 0 Å². The van der Waals surface area contributed by atoms with Crippen LogP contribution in [0.15, 0.2) is 27.4 Å². The van der Waals surface area contributed by atoms with Crippen LogP contribution in [0.4, 0.5) is 0 Å². The minimum atomic E-state index is -1.32. The zero-order chi connectivity index (χ0) is 12.6. The van der Waals surface area contributed by atoms with Crippen LogP contribution < -0.4 is 5.63 Å². The van der Waals surface area contributed by atoms with E-state index in [1.807, 2.05) is 0 Å². The first-order valence-electron chi connectivity index (χ1n) is 5.06. The summed E-state index contributed by atoms with van der Waals surface area (Å²) >= 11 is 0. The lowest BCUT2D eigenvalue weighted by molar-refractivity contribution is 0.0691. The van der Waals surface area contributed by atoms with E-state index < -0.39 is 11.6 Å². The van der Waals surface area contributed by atoms with E-state index in [1.165, 1.54) is 18.2 Å². The Balaban J connectivity index is 2.97. The third kappa shape index (κ3) is 1.75. The van der Waals surface area contributed by atoms with Gasteiger partial charge in [-0.05, 0) is 30.2 Å². The molecule has 2 aromatic rings. The first kappa shape index (κ1) is 11.2. The van der Waals surface area contributed by atoms with Crippen LogP contribution >= 0.6 is 0 Å². The van der Waals surface area contributed by atoms with E-state index in [4.69, 9.17) is 9.52 Å². The molecule has 0 aliphatic rings. The molecular weight excluding hydrogens is 224 g/mol. The maximum Gasteiger partial charge on any atom is 0.351 e. The minimum Gasteiger partial charge on any atom is -0.508 e. The van der Waals surface area contributed by atoms with Gasteiger partial charge in [-0.15, -0.1) is 0 Å². The molecule has 0 bridgehead atoms. The molecule has 0 saturated carbocycles. The van der Waals surface area contributed by atoms with Gasteiger partial charge in [-0.25, -0.2) is 9.59 Å². The summed E-state index contributed by atoms with van der Waals surface area (Å²) in [5.74, 6) is -1.32. The first-order chi connectivity index (χ1) is 8.04. The van der Waals surface area contributed by atoms with Crippen LogP contribution in [0.1, 0.15) is 22.8 Å². The van der Waals surface area contributed by atoms with Crippen LogP contribution in [0.5, 0.6) is 5.75 Å². The van der Waals surface area contributed by atoms with Crippen LogP contribution in [-0.4, -0.2) is 16.2 Å². The predicted octanol–water partition coefficient (Wildman–Crippen LogP) is 1.76. The smallest absolute Gasteiger partial charge is 0.351 e. The summed E-state index contributed by atoms with van der Waals surface area (Å²) in [5.41, 5.74) is -0.590. The molecule has 2 N–H and O–H groups in total. The van der Waals surface area contributed by atoms with E-state index >= 15 is 0 Å². The molecule has 1 heterocycles. The second-order valence-electron chi connectivity index (χ2n) is 3.58. The number of phenols is 1. The molecule has 0 spiro atoms. The van der Waals surface area contributed by atoms with Crippen LogP contribution in [-0.2, 0) is 6.42 Å². The number of carbonyl (C=O) groups is 1. The second-order valence-corrected chi connectivity index (χ2v) is 3.58. The van der Waals surface area contributed by atoms with Crippen molar-refractivity contribution in [3.8, 4) is 5.75 Å². The molecule has 1 aromatic heterocycles. The molecule has 0 atom stereocenters. The van der Waals surface area contributed by atoms with Crippen molar-refractivity contribution in [1.82, 2.24) is 0 Å². The Kier molecular flexibility index (Phi) is 2.59. The number of aryl methyl sites for hydroxylation is 1. The third-order valence-corrected chi connectivity index (χ3v) is 2.56. The van der Waals surface area contributed by atoms with Gasteiger partial charge in [0.15, 0.2) is 0 Å². The van der Waals surface area contributed by atoms with E-state index in [-0.39, 0.29) is 16.9 Å². The molecule has 0 unspecified atom stereocenters. The Morgan fingerprint density at radius 3 is 2.71 bits per heavy atom. The lowest BCUT2D eigenvalue weighted by Crippen LogP contribution is -2.17. The molecule has 17 heavy (non-hydrogen) atoms. The van der Waals surface area contributed by atoms with Gasteiger partial charge < -0.3 is 14.6 Å². The highest BCUT2D eigenvalue weighted by atomic mass is 16.4. The monoisotopic (exact) mass is 234 g/mol. The summed E-state index contributed by atoms with van der Waals surface area (Å²) in [6, 6.07) is 4.21. The fourth-order valence-corrected chi connectivity index (χ4v) is 1.84. The SMILES string of the molecule is CCc1c(C(=O)O)c(=O)oc2ccc(O)cc12. The molecule has 0 aliphatic heterocycles. The van der Waals surface area contributed by atoms with E-state index in [2.05, 4.69) is 0 Å². The Morgan fingerprint density at radius 2 is 2.12 bits per heavy atom. The lowest BCUT2D eigenvalue weighted by atomic mass is 10.0. The van der Waals surface area contributed by atoms with Gasteiger partial charge in [0.25, 0.3) is 0 Å². The molecule has 2 rings (SSSR count). The fourth-order valence-electron chi connectivity index (χ4n) is 1.84. The molecule has 5 nitrogen and oxygen atoms in total. The van der Waals surface area contributed by atoms with Gasteiger partial charge in [0.2, 0.25) is 0 Å². The topological polar surface area (TPSA) is 87.7 Å². The number of aromatic hydroxyl groups is 1. The highest BCUT2D eigenvalue weighted by Gasteiger charge is 2.19. The number of phenolic OH excluding ortho intramolecular Hbond substituents is 1. The Labute approximate surface area is 95.9 Å². The van der Waals surface area contributed by atoms with Gasteiger partial charge in [-0.3, -0.25) is 0 Å². The summed E-state index contributed by atoms with van der Waals surface area (Å²) in [6.07, 6.45) is 0.368. The number of fused-ring (bicyclic) bond motifs is 1. The average Bonchev–Trinajstić information content (AvgIpc) is 2.27. The predicted molar refractivity (Wildman–Crippen MR) is 60.5 cm³/mol. The molecule has 0 fully saturated rings. The zero-order valence-corrected chi connectivity index (χ0v) is 9.06. The standard InChI is InChI=1S/C12H10O5/c1-2-7-8-5-6(13)3-4-9(8)17-12(16)10(7)11(14)15/h3-5,13H,2H2,1H3,(H,14,15). The van der Waals surface area contributed by atoms with Crippen LogP contribution in [0, 0.1) is 0 Å². The molecule has 88 valence electrons. The summed E-state index contributed by atoms with van der Waals surface area (Å²) in [6.45, 7) is 1.74. The Hall–Kier alpha value is -2.30. The summed E-state index contributed by atoms with van der Waals surface area (Å²) in [7, 11) is 0. The quantitative estimate of drug-likeness (QED) is 0.773. The summed E-state index contributed by atoms with van der Waals surface area (Å²) in [5, 5.41) is 18.8. The fraction of sp³-hybridized carbons (Fsp3) is 0.167. The average molecular weight is 234 g/mol. The van der Waals surface area contributed by atoms with E-state index in [9.17, 15) is 14.7 Å². The van der Waals surface area contributed by atoms with Crippen molar-refractivity contribution in [1.29, 1.82) is 0 Å². The van der Waals surface area contributed by atoms with Crippen molar-refractivity contribution in [2.45, 2.75) is 13.3 Å². The Bertz CT molecular complexity index is 654. The van der Waals surface area contributed by atoms with Gasteiger partial charge in [-0.2, -0.15) is 0 Å². The van der Waals surface area contributed by atoms with Crippen molar-refractivity contribution in [3.63, 3.8) is 0 Å². The summed E-state index contributed by atoms with van der Waals surface area (Å²) < 4.78 is 4.90. The van der Waals surface area contributed by atoms with Crippen LogP contribution in [0.25, 0.3) is 11.0 Å². The Morgan fingerprint density at radius 1 is 1.41 bits per heavy atom.